The highest BCUT2D eigenvalue weighted by Gasteiger charge is 2.28. The maximum atomic E-state index is 12.6. The number of carbonyl (C=O) groups excluding carboxylic acids is 1. The first-order chi connectivity index (χ1) is 14.0. The van der Waals surface area contributed by atoms with E-state index in [1.807, 2.05) is 49.4 Å². The molecule has 0 aliphatic carbocycles. The van der Waals surface area contributed by atoms with Gasteiger partial charge in [0.05, 0.1) is 25.8 Å². The van der Waals surface area contributed by atoms with E-state index >= 15 is 0 Å². The maximum absolute atomic E-state index is 12.6. The minimum atomic E-state index is -0.0179. The summed E-state index contributed by atoms with van der Waals surface area (Å²) in [6.07, 6.45) is 0. The van der Waals surface area contributed by atoms with E-state index in [4.69, 9.17) is 16.3 Å². The van der Waals surface area contributed by atoms with Crippen molar-refractivity contribution in [2.75, 3.05) is 32.8 Å². The Morgan fingerprint density at radius 1 is 1.03 bits per heavy atom. The number of nitrogens with one attached hydrogen (secondary N) is 2. The van der Waals surface area contributed by atoms with E-state index in [9.17, 15) is 4.79 Å². The fourth-order valence-corrected chi connectivity index (χ4v) is 3.95. The van der Waals surface area contributed by atoms with Gasteiger partial charge in [-0.25, -0.2) is 0 Å². The molecule has 1 amide bonds. The monoisotopic (exact) mass is 415 g/mol. The van der Waals surface area contributed by atoms with Crippen molar-refractivity contribution in [2.24, 2.45) is 0 Å². The maximum Gasteiger partial charge on any atom is 0.234 e. The van der Waals surface area contributed by atoms with Gasteiger partial charge in [-0.05, 0) is 37.1 Å². The van der Waals surface area contributed by atoms with E-state index in [1.54, 1.807) is 0 Å². The van der Waals surface area contributed by atoms with Crippen molar-refractivity contribution in [1.82, 2.24) is 15.5 Å². The number of nitrogens with zero attached hydrogens (tertiary/aromatic N) is 1. The smallest absolute Gasteiger partial charge is 0.234 e. The molecule has 2 aromatic carbocycles. The standard InChI is InChI=1S/C23H30ClN3O2/c1-17(19-8-10-21(24)11-9-19)25-16-22(28)26-18(2)23(20-6-4-3-5-7-20)27-12-14-29-15-13-27/h3-11,17-18,23,25H,12-16H2,1-2H3,(H,26,28)/t17-,18+,23-/m0/s1. The molecule has 0 bridgehead atoms. The molecule has 3 atom stereocenters. The lowest BCUT2D eigenvalue weighted by Gasteiger charge is -2.38. The summed E-state index contributed by atoms with van der Waals surface area (Å²) in [6, 6.07) is 18.2. The summed E-state index contributed by atoms with van der Waals surface area (Å²) in [7, 11) is 0. The van der Waals surface area contributed by atoms with Crippen molar-refractivity contribution >= 4 is 17.5 Å². The van der Waals surface area contributed by atoms with Crippen molar-refractivity contribution < 1.29 is 9.53 Å². The molecular formula is C23H30ClN3O2. The fourth-order valence-electron chi connectivity index (χ4n) is 3.82. The molecule has 156 valence electrons. The molecule has 1 aliphatic heterocycles. The van der Waals surface area contributed by atoms with Gasteiger partial charge in [-0.2, -0.15) is 0 Å². The van der Waals surface area contributed by atoms with Gasteiger partial charge in [0, 0.05) is 30.2 Å². The third-order valence-electron chi connectivity index (χ3n) is 5.38. The van der Waals surface area contributed by atoms with Crippen LogP contribution in [0, 0.1) is 0 Å². The number of morpholine rings is 1. The Hall–Kier alpha value is -1.92. The van der Waals surface area contributed by atoms with E-state index in [2.05, 4.69) is 34.6 Å². The summed E-state index contributed by atoms with van der Waals surface area (Å²) >= 11 is 5.95. The molecule has 0 spiro atoms. The van der Waals surface area contributed by atoms with Crippen LogP contribution in [0.5, 0.6) is 0 Å². The summed E-state index contributed by atoms with van der Waals surface area (Å²) in [6.45, 7) is 7.57. The molecule has 5 nitrogen and oxygen atoms in total. The van der Waals surface area contributed by atoms with Crippen molar-refractivity contribution in [3.05, 3.63) is 70.7 Å². The molecule has 1 heterocycles. The quantitative estimate of drug-likeness (QED) is 0.692. The number of hydrogen-bond acceptors (Lipinski definition) is 4. The Morgan fingerprint density at radius 3 is 2.34 bits per heavy atom. The Balaban J connectivity index is 1.58. The number of rotatable bonds is 8. The average molecular weight is 416 g/mol. The molecule has 1 saturated heterocycles. The van der Waals surface area contributed by atoms with E-state index in [0.29, 0.717) is 5.02 Å². The molecule has 29 heavy (non-hydrogen) atoms. The second-order valence-electron chi connectivity index (χ2n) is 7.51. The van der Waals surface area contributed by atoms with Gasteiger partial charge >= 0.3 is 0 Å². The lowest BCUT2D eigenvalue weighted by atomic mass is 9.98. The van der Waals surface area contributed by atoms with Gasteiger partial charge in [0.2, 0.25) is 5.91 Å². The van der Waals surface area contributed by atoms with Crippen molar-refractivity contribution in [1.29, 1.82) is 0 Å². The third-order valence-corrected chi connectivity index (χ3v) is 5.63. The lowest BCUT2D eigenvalue weighted by Crippen LogP contribution is -2.49. The highest BCUT2D eigenvalue weighted by molar-refractivity contribution is 6.30. The molecule has 2 aromatic rings. The van der Waals surface area contributed by atoms with Gasteiger partial charge < -0.3 is 15.4 Å². The number of benzene rings is 2. The molecule has 6 heteroatoms. The van der Waals surface area contributed by atoms with Crippen LogP contribution < -0.4 is 10.6 Å². The number of halogens is 1. The van der Waals surface area contributed by atoms with Crippen molar-refractivity contribution in [3.8, 4) is 0 Å². The van der Waals surface area contributed by atoms with Crippen LogP contribution in [0.15, 0.2) is 54.6 Å². The normalized spacial score (nSPS) is 18.0. The Kier molecular flexibility index (Phi) is 8.07. The highest BCUT2D eigenvalue weighted by Crippen LogP contribution is 2.25. The van der Waals surface area contributed by atoms with Gasteiger partial charge in [-0.15, -0.1) is 0 Å². The van der Waals surface area contributed by atoms with Crippen LogP contribution in [0.25, 0.3) is 0 Å². The van der Waals surface area contributed by atoms with E-state index in [0.717, 1.165) is 31.9 Å². The van der Waals surface area contributed by atoms with Crippen LogP contribution in [-0.2, 0) is 9.53 Å². The predicted octanol–water partition coefficient (Wildman–Crippen LogP) is 3.57. The second-order valence-corrected chi connectivity index (χ2v) is 7.95. The van der Waals surface area contributed by atoms with Crippen molar-refractivity contribution in [3.63, 3.8) is 0 Å². The average Bonchev–Trinajstić information content (AvgIpc) is 2.74. The number of ether oxygens (including phenoxy) is 1. The third kappa shape index (κ3) is 6.28. The molecule has 2 N–H and O–H groups in total. The van der Waals surface area contributed by atoms with Gasteiger partial charge in [0.15, 0.2) is 0 Å². The lowest BCUT2D eigenvalue weighted by molar-refractivity contribution is -0.121. The summed E-state index contributed by atoms with van der Waals surface area (Å²) < 4.78 is 5.51. The zero-order valence-corrected chi connectivity index (χ0v) is 17.9. The Labute approximate surface area is 178 Å². The summed E-state index contributed by atoms with van der Waals surface area (Å²) in [4.78, 5) is 15.0. The SMILES string of the molecule is C[C@H](NCC(=O)N[C@H](C)[C@@H](c1ccccc1)N1CCOCC1)c1ccc(Cl)cc1. The Morgan fingerprint density at radius 2 is 1.69 bits per heavy atom. The molecular weight excluding hydrogens is 386 g/mol. The van der Waals surface area contributed by atoms with E-state index in [1.165, 1.54) is 5.56 Å². The molecule has 3 rings (SSSR count). The van der Waals surface area contributed by atoms with Gasteiger partial charge in [-0.3, -0.25) is 9.69 Å². The minimum absolute atomic E-state index is 0.00694. The van der Waals surface area contributed by atoms with Crippen LogP contribution in [0.4, 0.5) is 0 Å². The van der Waals surface area contributed by atoms with Gasteiger partial charge in [-0.1, -0.05) is 54.1 Å². The number of amides is 1. The number of hydrogen-bond donors (Lipinski definition) is 2. The summed E-state index contributed by atoms with van der Waals surface area (Å²) in [5.41, 5.74) is 2.32. The number of carbonyl (C=O) groups is 1. The predicted molar refractivity (Wildman–Crippen MR) is 117 cm³/mol. The van der Waals surface area contributed by atoms with Crippen LogP contribution in [-0.4, -0.2) is 49.7 Å². The summed E-state index contributed by atoms with van der Waals surface area (Å²) in [5, 5.41) is 7.19. The first-order valence-electron chi connectivity index (χ1n) is 10.2. The highest BCUT2D eigenvalue weighted by atomic mass is 35.5. The first-order valence-corrected chi connectivity index (χ1v) is 10.6. The van der Waals surface area contributed by atoms with E-state index < -0.39 is 0 Å². The van der Waals surface area contributed by atoms with E-state index in [-0.39, 0.29) is 30.6 Å². The zero-order valence-electron chi connectivity index (χ0n) is 17.1. The zero-order chi connectivity index (χ0) is 20.6. The fraction of sp³-hybridized carbons (Fsp3) is 0.435. The molecule has 0 unspecified atom stereocenters. The van der Waals surface area contributed by atoms with Crippen LogP contribution in [0.1, 0.15) is 37.1 Å². The van der Waals surface area contributed by atoms with Crippen LogP contribution >= 0.6 is 11.6 Å². The molecule has 0 radical (unpaired) electrons. The molecule has 0 saturated carbocycles. The molecule has 0 aromatic heterocycles. The van der Waals surface area contributed by atoms with Crippen LogP contribution in [0.3, 0.4) is 0 Å². The van der Waals surface area contributed by atoms with Gasteiger partial charge in [0.1, 0.15) is 0 Å². The molecule has 1 aliphatic rings. The van der Waals surface area contributed by atoms with Crippen LogP contribution in [0.2, 0.25) is 5.02 Å². The largest absolute Gasteiger partial charge is 0.379 e. The second kappa shape index (κ2) is 10.7. The summed E-state index contributed by atoms with van der Waals surface area (Å²) in [5.74, 6) is -0.00694. The van der Waals surface area contributed by atoms with Crippen molar-refractivity contribution in [2.45, 2.75) is 32.0 Å². The first kappa shape index (κ1) is 21.8. The Bertz CT molecular complexity index is 763. The molecule has 1 fully saturated rings. The minimum Gasteiger partial charge on any atom is -0.379 e. The topological polar surface area (TPSA) is 53.6 Å². The van der Waals surface area contributed by atoms with Gasteiger partial charge in [0.25, 0.3) is 0 Å².